The number of ether oxygens (including phenoxy) is 1. The molecule has 0 fully saturated rings. The molecule has 9 heteroatoms. The average Bonchev–Trinajstić information content (AvgIpc) is 3.40. The molecule has 0 unspecified atom stereocenters. The van der Waals surface area contributed by atoms with Gasteiger partial charge in [-0.2, -0.15) is 9.78 Å². The molecular weight excluding hydrogens is 458 g/mol. The number of amides is 2. The zero-order valence-electron chi connectivity index (χ0n) is 19.1. The predicted molar refractivity (Wildman–Crippen MR) is 134 cm³/mol. The van der Waals surface area contributed by atoms with Crippen LogP contribution in [0.4, 0.5) is 0 Å². The molecule has 0 saturated heterocycles. The standard InChI is InChI=1S/C27H19N5O4/c1-36-22-11-10-16(12-17(22)14-31-25(33)18-6-2-3-7-19(18)26(31)34)13-29-32-15-28-23-20-8-4-5-9-21(20)30-24(23)27(32)35/h2-13,15,30H,14H2,1H3. The molecule has 36 heavy (non-hydrogen) atoms. The van der Waals surface area contributed by atoms with Gasteiger partial charge in [0.2, 0.25) is 0 Å². The van der Waals surface area contributed by atoms with Crippen molar-refractivity contribution in [1.82, 2.24) is 19.5 Å². The van der Waals surface area contributed by atoms with Crippen molar-refractivity contribution in [1.29, 1.82) is 0 Å². The van der Waals surface area contributed by atoms with E-state index < -0.39 is 0 Å². The number of para-hydroxylation sites is 1. The van der Waals surface area contributed by atoms with Crippen molar-refractivity contribution in [3.8, 4) is 5.75 Å². The van der Waals surface area contributed by atoms with Gasteiger partial charge in [-0.1, -0.05) is 30.3 Å². The molecule has 0 saturated carbocycles. The number of H-pyrrole nitrogens is 1. The predicted octanol–water partition coefficient (Wildman–Crippen LogP) is 3.56. The Hall–Kier alpha value is -5.05. The Morgan fingerprint density at radius 2 is 1.69 bits per heavy atom. The second kappa shape index (κ2) is 8.31. The number of carbonyl (C=O) groups excluding carboxylic acids is 2. The first-order chi connectivity index (χ1) is 17.5. The second-order valence-corrected chi connectivity index (χ2v) is 8.35. The molecule has 0 aliphatic carbocycles. The van der Waals surface area contributed by atoms with Crippen LogP contribution in [0.3, 0.4) is 0 Å². The van der Waals surface area contributed by atoms with Gasteiger partial charge in [0.15, 0.2) is 0 Å². The highest BCUT2D eigenvalue weighted by Crippen LogP contribution is 2.28. The minimum absolute atomic E-state index is 0.0414. The van der Waals surface area contributed by atoms with Gasteiger partial charge in [0.1, 0.15) is 23.1 Å². The van der Waals surface area contributed by atoms with Crippen molar-refractivity contribution in [3.05, 3.63) is 106 Å². The van der Waals surface area contributed by atoms with Crippen LogP contribution in [0.1, 0.15) is 31.8 Å². The number of hydrogen-bond donors (Lipinski definition) is 1. The molecule has 5 aromatic rings. The molecule has 0 radical (unpaired) electrons. The summed E-state index contributed by atoms with van der Waals surface area (Å²) in [5, 5.41) is 5.16. The lowest BCUT2D eigenvalue weighted by Crippen LogP contribution is -2.29. The van der Waals surface area contributed by atoms with Gasteiger partial charge < -0.3 is 9.72 Å². The van der Waals surface area contributed by atoms with Crippen molar-refractivity contribution < 1.29 is 14.3 Å². The highest BCUT2D eigenvalue weighted by atomic mass is 16.5. The number of benzene rings is 3. The third-order valence-corrected chi connectivity index (χ3v) is 6.24. The SMILES string of the molecule is COc1ccc(C=Nn2cnc3c([nH]c4ccccc43)c2=O)cc1CN1C(=O)c2ccccc2C1=O. The number of carbonyl (C=O) groups is 2. The quantitative estimate of drug-likeness (QED) is 0.307. The average molecular weight is 477 g/mol. The number of aromatic amines is 1. The molecule has 6 rings (SSSR count). The van der Waals surface area contributed by atoms with Gasteiger partial charge >= 0.3 is 0 Å². The van der Waals surface area contributed by atoms with E-state index in [-0.39, 0.29) is 23.9 Å². The maximum Gasteiger partial charge on any atom is 0.298 e. The number of imide groups is 1. The number of hydrogen-bond acceptors (Lipinski definition) is 6. The lowest BCUT2D eigenvalue weighted by Gasteiger charge is -2.16. The maximum atomic E-state index is 13.0. The van der Waals surface area contributed by atoms with Gasteiger partial charge in [0.25, 0.3) is 17.4 Å². The Balaban J connectivity index is 1.32. The second-order valence-electron chi connectivity index (χ2n) is 8.35. The summed E-state index contributed by atoms with van der Waals surface area (Å²) < 4.78 is 6.61. The summed E-state index contributed by atoms with van der Waals surface area (Å²) in [4.78, 5) is 47.3. The Kier molecular flexibility index (Phi) is 4.96. The van der Waals surface area contributed by atoms with Crippen molar-refractivity contribution in [3.63, 3.8) is 0 Å². The van der Waals surface area contributed by atoms with Crippen LogP contribution < -0.4 is 10.3 Å². The van der Waals surface area contributed by atoms with Gasteiger partial charge in [-0.3, -0.25) is 19.3 Å². The molecule has 1 aliphatic heterocycles. The summed E-state index contributed by atoms with van der Waals surface area (Å²) in [6.45, 7) is 0.0414. The van der Waals surface area contributed by atoms with Crippen molar-refractivity contribution >= 4 is 40.0 Å². The third-order valence-electron chi connectivity index (χ3n) is 6.24. The van der Waals surface area contributed by atoms with E-state index in [1.807, 2.05) is 24.3 Å². The van der Waals surface area contributed by atoms with Crippen LogP contribution in [-0.4, -0.2) is 44.7 Å². The molecule has 1 aliphatic rings. The first-order valence-corrected chi connectivity index (χ1v) is 11.2. The van der Waals surface area contributed by atoms with Gasteiger partial charge in [-0.25, -0.2) is 4.98 Å². The van der Waals surface area contributed by atoms with Crippen LogP contribution >= 0.6 is 0 Å². The molecule has 0 spiro atoms. The lowest BCUT2D eigenvalue weighted by atomic mass is 10.1. The highest BCUT2D eigenvalue weighted by molar-refractivity contribution is 6.21. The monoisotopic (exact) mass is 477 g/mol. The van der Waals surface area contributed by atoms with Crippen LogP contribution in [0.15, 0.2) is 83.0 Å². The molecule has 3 heterocycles. The van der Waals surface area contributed by atoms with E-state index in [9.17, 15) is 14.4 Å². The largest absolute Gasteiger partial charge is 0.496 e. The summed E-state index contributed by atoms with van der Waals surface area (Å²) in [5.41, 5.74) is 3.53. The Bertz CT molecular complexity index is 1750. The van der Waals surface area contributed by atoms with Gasteiger partial charge in [0, 0.05) is 16.5 Å². The summed E-state index contributed by atoms with van der Waals surface area (Å²) in [5.74, 6) is -0.163. The van der Waals surface area contributed by atoms with Gasteiger partial charge in [-0.15, -0.1) is 0 Å². The Morgan fingerprint density at radius 1 is 0.972 bits per heavy atom. The summed E-state index contributed by atoms with van der Waals surface area (Å²) in [7, 11) is 1.52. The first-order valence-electron chi connectivity index (χ1n) is 11.2. The van der Waals surface area contributed by atoms with E-state index in [1.54, 1.807) is 42.5 Å². The van der Waals surface area contributed by atoms with Crippen LogP contribution in [0.25, 0.3) is 21.9 Å². The molecule has 3 aromatic carbocycles. The minimum Gasteiger partial charge on any atom is -0.496 e. The number of rotatable bonds is 5. The smallest absolute Gasteiger partial charge is 0.298 e. The zero-order chi connectivity index (χ0) is 24.8. The van der Waals surface area contributed by atoms with Crippen LogP contribution in [0.2, 0.25) is 0 Å². The van der Waals surface area contributed by atoms with E-state index in [0.717, 1.165) is 15.6 Å². The molecule has 2 aromatic heterocycles. The number of nitrogens with one attached hydrogen (secondary N) is 1. The molecule has 9 nitrogen and oxygen atoms in total. The highest BCUT2D eigenvalue weighted by Gasteiger charge is 2.35. The normalized spacial score (nSPS) is 13.3. The lowest BCUT2D eigenvalue weighted by molar-refractivity contribution is 0.0641. The summed E-state index contributed by atoms with van der Waals surface area (Å²) >= 11 is 0. The van der Waals surface area contributed by atoms with E-state index in [4.69, 9.17) is 4.74 Å². The van der Waals surface area contributed by atoms with E-state index in [0.29, 0.717) is 39.0 Å². The zero-order valence-corrected chi connectivity index (χ0v) is 19.1. The number of fused-ring (bicyclic) bond motifs is 4. The Morgan fingerprint density at radius 3 is 2.44 bits per heavy atom. The van der Waals surface area contributed by atoms with E-state index in [2.05, 4.69) is 15.1 Å². The van der Waals surface area contributed by atoms with Crippen LogP contribution in [0, 0.1) is 0 Å². The van der Waals surface area contributed by atoms with E-state index >= 15 is 0 Å². The van der Waals surface area contributed by atoms with Crippen molar-refractivity contribution in [2.24, 2.45) is 5.10 Å². The molecule has 0 bridgehead atoms. The maximum absolute atomic E-state index is 13.0. The van der Waals surface area contributed by atoms with Crippen molar-refractivity contribution in [2.45, 2.75) is 6.54 Å². The van der Waals surface area contributed by atoms with Crippen LogP contribution in [-0.2, 0) is 6.54 Å². The third kappa shape index (κ3) is 3.37. The number of methoxy groups -OCH3 is 1. The molecule has 1 N–H and O–H groups in total. The van der Waals surface area contributed by atoms with Gasteiger partial charge in [-0.05, 0) is 42.0 Å². The molecule has 2 amide bonds. The number of nitrogens with zero attached hydrogens (tertiary/aromatic N) is 4. The fourth-order valence-electron chi connectivity index (χ4n) is 4.46. The fourth-order valence-corrected chi connectivity index (χ4v) is 4.46. The topological polar surface area (TPSA) is 110 Å². The minimum atomic E-state index is -0.346. The molecular formula is C27H19N5O4. The summed E-state index contributed by atoms with van der Waals surface area (Å²) in [6.07, 6.45) is 2.90. The first kappa shape index (κ1) is 21.5. The molecule has 0 atom stereocenters. The Labute approximate surface area is 204 Å². The van der Waals surface area contributed by atoms with Crippen LogP contribution in [0.5, 0.6) is 5.75 Å². The van der Waals surface area contributed by atoms with Crippen molar-refractivity contribution in [2.75, 3.05) is 7.11 Å². The van der Waals surface area contributed by atoms with Gasteiger partial charge in [0.05, 0.1) is 31.0 Å². The van der Waals surface area contributed by atoms with E-state index in [1.165, 1.54) is 24.6 Å². The fraction of sp³-hybridized carbons (Fsp3) is 0.0741. The number of aromatic nitrogens is 3. The summed E-state index contributed by atoms with van der Waals surface area (Å²) in [6, 6.07) is 19.6. The molecule has 176 valence electrons.